The van der Waals surface area contributed by atoms with Gasteiger partial charge < -0.3 is 0 Å². The van der Waals surface area contributed by atoms with E-state index in [0.717, 1.165) is 0 Å². The van der Waals surface area contributed by atoms with Crippen LogP contribution in [0.2, 0.25) is 0 Å². The summed E-state index contributed by atoms with van der Waals surface area (Å²) in [4.78, 5) is 0. The Kier molecular flexibility index (Phi) is 5.96. The molecule has 0 saturated heterocycles. The van der Waals surface area contributed by atoms with Crippen LogP contribution in [0.15, 0.2) is 30.3 Å². The summed E-state index contributed by atoms with van der Waals surface area (Å²) >= 11 is 0. The maximum absolute atomic E-state index is 2.50. The normalized spacial score (nSPS) is 14.2. The fourth-order valence-corrected chi connectivity index (χ4v) is 7.54. The first kappa shape index (κ1) is 17.4. The Morgan fingerprint density at radius 1 is 0.900 bits per heavy atom. The van der Waals surface area contributed by atoms with E-state index in [9.17, 15) is 0 Å². The molecule has 0 radical (unpaired) electrons. The zero-order chi connectivity index (χ0) is 15.5. The monoisotopic (exact) mass is 297 g/mol. The van der Waals surface area contributed by atoms with Crippen molar-refractivity contribution in [2.75, 3.05) is 49.3 Å². The first-order valence-corrected chi connectivity index (χ1v) is 8.57. The maximum atomic E-state index is 2.50. The van der Waals surface area contributed by atoms with E-state index in [1.165, 1.54) is 5.56 Å². The highest BCUT2D eigenvalue weighted by atomic mass is 31.2. The van der Waals surface area contributed by atoms with E-state index in [1.807, 2.05) is 0 Å². The fourth-order valence-electron chi connectivity index (χ4n) is 3.10. The van der Waals surface area contributed by atoms with E-state index < -0.39 is 7.51 Å². The molecule has 0 aliphatic carbocycles. The van der Waals surface area contributed by atoms with E-state index in [-0.39, 0.29) is 0 Å². The topological polar surface area (TPSA) is 12.7 Å². The Morgan fingerprint density at radius 2 is 1.35 bits per heavy atom. The molecule has 5 heteroatoms. The minimum absolute atomic E-state index is 0.358. The lowest BCUT2D eigenvalue weighted by Crippen LogP contribution is -2.38. The van der Waals surface area contributed by atoms with Crippen LogP contribution in [0, 0.1) is 0 Å². The zero-order valence-electron chi connectivity index (χ0n) is 14.2. The smallest absolute Gasteiger partial charge is 0.228 e. The van der Waals surface area contributed by atoms with Crippen molar-refractivity contribution in [2.24, 2.45) is 0 Å². The van der Waals surface area contributed by atoms with Crippen LogP contribution in [0.1, 0.15) is 18.5 Å². The van der Waals surface area contributed by atoms with E-state index >= 15 is 0 Å². The molecule has 1 aromatic carbocycles. The summed E-state index contributed by atoms with van der Waals surface area (Å²) in [6.45, 7) is 2.28. The minimum Gasteiger partial charge on any atom is -0.228 e. The molecule has 1 aromatic rings. The second-order valence-electron chi connectivity index (χ2n) is 5.74. The average molecular weight is 297 g/mol. The lowest BCUT2D eigenvalue weighted by atomic mass is 10.1. The predicted molar refractivity (Wildman–Crippen MR) is 89.0 cm³/mol. The first-order valence-electron chi connectivity index (χ1n) is 6.97. The van der Waals surface area contributed by atoms with Crippen molar-refractivity contribution in [3.63, 3.8) is 0 Å². The van der Waals surface area contributed by atoms with E-state index in [1.54, 1.807) is 0 Å². The molecule has 1 rings (SSSR count). The van der Waals surface area contributed by atoms with E-state index in [4.69, 9.17) is 0 Å². The Balaban J connectivity index is 3.33. The van der Waals surface area contributed by atoms with Crippen LogP contribution in [-0.4, -0.2) is 67.7 Å². The molecule has 1 atom stereocenters. The molecule has 0 amide bonds. The highest BCUT2D eigenvalue weighted by Crippen LogP contribution is 2.57. The van der Waals surface area contributed by atoms with Crippen LogP contribution in [0.3, 0.4) is 0 Å². The van der Waals surface area contributed by atoms with Gasteiger partial charge in [0.25, 0.3) is 0 Å². The van der Waals surface area contributed by atoms with Crippen LogP contribution in [0.4, 0.5) is 0 Å². The molecule has 0 aliphatic rings. The van der Waals surface area contributed by atoms with Gasteiger partial charge in [-0.05, 0) is 47.7 Å². The van der Waals surface area contributed by atoms with Crippen molar-refractivity contribution in [3.8, 4) is 0 Å². The Bertz CT molecular complexity index is 466. The van der Waals surface area contributed by atoms with Crippen molar-refractivity contribution in [1.82, 2.24) is 14.0 Å². The predicted octanol–water partition coefficient (Wildman–Crippen LogP) is 3.02. The number of hydrogen-bond acceptors (Lipinski definition) is 0. The standard InChI is InChI=1S/C15H30N4P/c1-14(15-12-10-9-11-13-15)19(8)20(16(2)3,17(4)5)18(6)7/h9-14H,1-8H3/q+1. The van der Waals surface area contributed by atoms with Gasteiger partial charge in [-0.1, -0.05) is 30.3 Å². The van der Waals surface area contributed by atoms with Gasteiger partial charge in [-0.15, -0.1) is 0 Å². The van der Waals surface area contributed by atoms with Gasteiger partial charge in [0, 0.05) is 6.04 Å². The highest BCUT2D eigenvalue weighted by Gasteiger charge is 2.41. The second kappa shape index (κ2) is 6.86. The quantitative estimate of drug-likeness (QED) is 0.775. The van der Waals surface area contributed by atoms with Crippen LogP contribution in [0.5, 0.6) is 0 Å². The lowest BCUT2D eigenvalue weighted by Gasteiger charge is -2.41. The van der Waals surface area contributed by atoms with Crippen molar-refractivity contribution >= 4 is 7.51 Å². The third-order valence-corrected chi connectivity index (χ3v) is 8.29. The molecule has 4 nitrogen and oxygen atoms in total. The molecule has 20 heavy (non-hydrogen) atoms. The van der Waals surface area contributed by atoms with Gasteiger partial charge in [0.05, 0.1) is 0 Å². The average Bonchev–Trinajstić information content (AvgIpc) is 2.38. The third-order valence-electron chi connectivity index (χ3n) is 3.88. The summed E-state index contributed by atoms with van der Waals surface area (Å²) in [5.74, 6) is 0. The number of hydrogen-bond donors (Lipinski definition) is 0. The molecule has 0 aromatic heterocycles. The largest absolute Gasteiger partial charge is 0.310 e. The van der Waals surface area contributed by atoms with Crippen molar-refractivity contribution in [2.45, 2.75) is 13.0 Å². The molecule has 0 N–H and O–H groups in total. The molecular formula is C15H30N4P+. The summed E-state index contributed by atoms with van der Waals surface area (Å²) in [5, 5.41) is 0. The molecule has 0 bridgehead atoms. The van der Waals surface area contributed by atoms with E-state index in [2.05, 4.69) is 105 Å². The molecular weight excluding hydrogens is 267 g/mol. The number of nitrogens with zero attached hydrogens (tertiary/aromatic N) is 4. The number of rotatable bonds is 5. The second-order valence-corrected chi connectivity index (χ2v) is 9.84. The molecule has 0 aliphatic heterocycles. The third kappa shape index (κ3) is 2.99. The molecule has 114 valence electrons. The zero-order valence-corrected chi connectivity index (χ0v) is 15.1. The maximum Gasteiger partial charge on any atom is 0.310 e. The SMILES string of the molecule is CC(c1ccccc1)N(C)P(N(C)C)(N(C)C)=[N+](C)C. The lowest BCUT2D eigenvalue weighted by molar-refractivity contribution is -0.453. The van der Waals surface area contributed by atoms with Gasteiger partial charge in [-0.3, -0.25) is 0 Å². The summed E-state index contributed by atoms with van der Waals surface area (Å²) in [5.41, 5.74) is 1.35. The van der Waals surface area contributed by atoms with Gasteiger partial charge >= 0.3 is 7.51 Å². The Morgan fingerprint density at radius 3 is 1.70 bits per heavy atom. The van der Waals surface area contributed by atoms with Gasteiger partial charge in [-0.2, -0.15) is 0 Å². The molecule has 1 unspecified atom stereocenters. The Labute approximate surface area is 124 Å². The molecule has 0 fully saturated rings. The molecule has 0 saturated carbocycles. The van der Waals surface area contributed by atoms with Gasteiger partial charge in [0.15, 0.2) is 0 Å². The van der Waals surface area contributed by atoms with Gasteiger partial charge in [-0.25, -0.2) is 18.3 Å². The highest BCUT2D eigenvalue weighted by molar-refractivity contribution is 7.56. The van der Waals surface area contributed by atoms with Crippen LogP contribution >= 0.6 is 7.51 Å². The summed E-state index contributed by atoms with van der Waals surface area (Å²) in [6.07, 6.45) is 0. The first-order chi connectivity index (χ1) is 9.26. The number of benzene rings is 1. The molecule has 0 heterocycles. The van der Waals surface area contributed by atoms with Crippen molar-refractivity contribution in [3.05, 3.63) is 35.9 Å². The minimum atomic E-state index is -1.69. The molecule has 0 spiro atoms. The van der Waals surface area contributed by atoms with Gasteiger partial charge in [0.1, 0.15) is 14.1 Å². The fraction of sp³-hybridized carbons (Fsp3) is 0.600. The van der Waals surface area contributed by atoms with E-state index in [0.29, 0.717) is 6.04 Å². The van der Waals surface area contributed by atoms with Crippen LogP contribution in [-0.2, 0) is 0 Å². The summed E-state index contributed by atoms with van der Waals surface area (Å²) in [6, 6.07) is 11.1. The van der Waals surface area contributed by atoms with Crippen molar-refractivity contribution < 1.29 is 4.33 Å². The summed E-state index contributed by atoms with van der Waals surface area (Å²) in [7, 11) is 13.5. The summed E-state index contributed by atoms with van der Waals surface area (Å²) < 4.78 is 9.56. The van der Waals surface area contributed by atoms with Crippen molar-refractivity contribution in [1.29, 1.82) is 0 Å². The Hall–Kier alpha value is -0.670. The van der Waals surface area contributed by atoms with Gasteiger partial charge in [0.2, 0.25) is 0 Å². The van der Waals surface area contributed by atoms with Crippen LogP contribution < -0.4 is 0 Å². The van der Waals surface area contributed by atoms with Crippen LogP contribution in [0.25, 0.3) is 0 Å².